The topological polar surface area (TPSA) is 77.4 Å². The number of aromatic nitrogens is 3. The fourth-order valence-corrected chi connectivity index (χ4v) is 4.05. The van der Waals surface area contributed by atoms with Crippen LogP contribution < -0.4 is 9.47 Å². The molecule has 2 aromatic heterocycles. The van der Waals surface area contributed by atoms with Gasteiger partial charge >= 0.3 is 0 Å². The number of amides is 1. The quantitative estimate of drug-likeness (QED) is 0.626. The third kappa shape index (κ3) is 4.50. The number of pyridine rings is 1. The standard InChI is InChI=1S/C24H26N4O3/c1-16-26-14-22(17-6-8-25-9-7-17)23(27-16)18-5-4-10-28(15-18)24(29)19-11-20(30-2)13-21(12-19)31-3/h6-9,11-14,18H,4-5,10,15H2,1-3H3/t18-/m0/s1. The van der Waals surface area contributed by atoms with E-state index in [1.54, 1.807) is 44.8 Å². The highest BCUT2D eigenvalue weighted by Crippen LogP contribution is 2.34. The van der Waals surface area contributed by atoms with Gasteiger partial charge in [0.25, 0.3) is 5.91 Å². The Bertz CT molecular complexity index is 1050. The molecule has 7 heteroatoms. The maximum atomic E-state index is 13.3. The molecule has 0 saturated carbocycles. The van der Waals surface area contributed by atoms with Crippen molar-refractivity contribution in [3.05, 3.63) is 66.0 Å². The highest BCUT2D eigenvalue weighted by molar-refractivity contribution is 5.95. The number of nitrogens with zero attached hydrogens (tertiary/aromatic N) is 4. The molecule has 0 N–H and O–H groups in total. The SMILES string of the molecule is COc1cc(OC)cc(C(=O)N2CCC[C@H](c3nc(C)ncc3-c3ccncc3)C2)c1. The van der Waals surface area contributed by atoms with Crippen LogP contribution in [0.4, 0.5) is 0 Å². The predicted octanol–water partition coefficient (Wildman–Crippen LogP) is 3.88. The van der Waals surface area contributed by atoms with E-state index in [4.69, 9.17) is 14.5 Å². The predicted molar refractivity (Wildman–Crippen MR) is 117 cm³/mol. The number of carbonyl (C=O) groups excluding carboxylic acids is 1. The summed E-state index contributed by atoms with van der Waals surface area (Å²) in [4.78, 5) is 28.5. The number of hydrogen-bond donors (Lipinski definition) is 0. The molecule has 7 nitrogen and oxygen atoms in total. The minimum absolute atomic E-state index is 0.0295. The van der Waals surface area contributed by atoms with Crippen LogP contribution in [0.3, 0.4) is 0 Å². The number of benzene rings is 1. The third-order valence-corrected chi connectivity index (χ3v) is 5.62. The molecular formula is C24H26N4O3. The molecule has 31 heavy (non-hydrogen) atoms. The second kappa shape index (κ2) is 9.12. The van der Waals surface area contributed by atoms with Crippen molar-refractivity contribution in [1.29, 1.82) is 0 Å². The van der Waals surface area contributed by atoms with Crippen LogP contribution in [0.1, 0.15) is 40.6 Å². The Labute approximate surface area is 182 Å². The van der Waals surface area contributed by atoms with Crippen LogP contribution in [-0.2, 0) is 0 Å². The number of likely N-dealkylation sites (tertiary alicyclic amines) is 1. The summed E-state index contributed by atoms with van der Waals surface area (Å²) in [6, 6.07) is 9.20. The van der Waals surface area contributed by atoms with Crippen LogP contribution in [0.2, 0.25) is 0 Å². The van der Waals surface area contributed by atoms with Gasteiger partial charge in [-0.3, -0.25) is 9.78 Å². The number of carbonyl (C=O) groups is 1. The largest absolute Gasteiger partial charge is 0.497 e. The van der Waals surface area contributed by atoms with E-state index in [1.165, 1.54) is 0 Å². The molecule has 0 spiro atoms. The molecule has 3 heterocycles. The molecule has 1 aliphatic rings. The summed E-state index contributed by atoms with van der Waals surface area (Å²) in [5.41, 5.74) is 3.57. The van der Waals surface area contributed by atoms with Crippen molar-refractivity contribution in [1.82, 2.24) is 19.9 Å². The van der Waals surface area contributed by atoms with Crippen molar-refractivity contribution in [2.75, 3.05) is 27.3 Å². The molecule has 1 saturated heterocycles. The Morgan fingerprint density at radius 3 is 2.48 bits per heavy atom. The van der Waals surface area contributed by atoms with Crippen molar-refractivity contribution >= 4 is 5.91 Å². The Balaban J connectivity index is 1.63. The number of aryl methyl sites for hydroxylation is 1. The van der Waals surface area contributed by atoms with E-state index in [9.17, 15) is 4.79 Å². The average molecular weight is 418 g/mol. The molecule has 1 amide bonds. The van der Waals surface area contributed by atoms with E-state index in [0.717, 1.165) is 35.5 Å². The van der Waals surface area contributed by atoms with Crippen LogP contribution in [-0.4, -0.2) is 53.1 Å². The maximum Gasteiger partial charge on any atom is 0.254 e. The van der Waals surface area contributed by atoms with Gasteiger partial charge in [0, 0.05) is 54.8 Å². The molecule has 1 aromatic carbocycles. The lowest BCUT2D eigenvalue weighted by Crippen LogP contribution is -2.39. The molecule has 0 bridgehead atoms. The second-order valence-corrected chi connectivity index (χ2v) is 7.64. The van der Waals surface area contributed by atoms with Crippen LogP contribution in [0, 0.1) is 6.92 Å². The number of piperidine rings is 1. The van der Waals surface area contributed by atoms with Gasteiger partial charge in [-0.1, -0.05) is 0 Å². The first-order valence-electron chi connectivity index (χ1n) is 10.4. The molecule has 1 fully saturated rings. The Morgan fingerprint density at radius 2 is 1.81 bits per heavy atom. The summed E-state index contributed by atoms with van der Waals surface area (Å²) >= 11 is 0. The number of methoxy groups -OCH3 is 2. The van der Waals surface area contributed by atoms with E-state index in [1.807, 2.05) is 30.2 Å². The summed E-state index contributed by atoms with van der Waals surface area (Å²) in [5, 5.41) is 0. The Hall–Kier alpha value is -3.48. The summed E-state index contributed by atoms with van der Waals surface area (Å²) in [5.74, 6) is 2.03. The first kappa shape index (κ1) is 20.8. The fraction of sp³-hybridized carbons (Fsp3) is 0.333. The molecule has 160 valence electrons. The molecule has 0 aliphatic carbocycles. The average Bonchev–Trinajstić information content (AvgIpc) is 2.83. The van der Waals surface area contributed by atoms with Crippen molar-refractivity contribution in [3.63, 3.8) is 0 Å². The van der Waals surface area contributed by atoms with Crippen LogP contribution in [0.5, 0.6) is 11.5 Å². The van der Waals surface area contributed by atoms with Crippen LogP contribution >= 0.6 is 0 Å². The summed E-state index contributed by atoms with van der Waals surface area (Å²) < 4.78 is 10.7. The zero-order valence-corrected chi connectivity index (χ0v) is 18.0. The van der Waals surface area contributed by atoms with Gasteiger partial charge in [-0.05, 0) is 49.6 Å². The molecular weight excluding hydrogens is 392 g/mol. The Kier molecular flexibility index (Phi) is 6.11. The third-order valence-electron chi connectivity index (χ3n) is 5.62. The lowest BCUT2D eigenvalue weighted by molar-refractivity contribution is 0.0705. The Morgan fingerprint density at radius 1 is 1.10 bits per heavy atom. The van der Waals surface area contributed by atoms with Crippen LogP contribution in [0.25, 0.3) is 11.1 Å². The minimum Gasteiger partial charge on any atom is -0.497 e. The monoisotopic (exact) mass is 418 g/mol. The van der Waals surface area contributed by atoms with E-state index in [2.05, 4.69) is 9.97 Å². The summed E-state index contributed by atoms with van der Waals surface area (Å²) in [7, 11) is 3.16. The highest BCUT2D eigenvalue weighted by Gasteiger charge is 2.29. The lowest BCUT2D eigenvalue weighted by atomic mass is 9.89. The second-order valence-electron chi connectivity index (χ2n) is 7.64. The van der Waals surface area contributed by atoms with Gasteiger partial charge in [-0.2, -0.15) is 0 Å². The van der Waals surface area contributed by atoms with Crippen molar-refractivity contribution < 1.29 is 14.3 Å². The molecule has 1 atom stereocenters. The molecule has 3 aromatic rings. The van der Waals surface area contributed by atoms with Gasteiger partial charge in [0.2, 0.25) is 0 Å². The molecule has 1 aliphatic heterocycles. The first-order valence-corrected chi connectivity index (χ1v) is 10.4. The lowest BCUT2D eigenvalue weighted by Gasteiger charge is -2.33. The van der Waals surface area contributed by atoms with E-state index >= 15 is 0 Å². The fourth-order valence-electron chi connectivity index (χ4n) is 4.05. The summed E-state index contributed by atoms with van der Waals surface area (Å²) in [6.45, 7) is 3.21. The number of hydrogen-bond acceptors (Lipinski definition) is 6. The van der Waals surface area contributed by atoms with Gasteiger partial charge in [0.1, 0.15) is 17.3 Å². The van der Waals surface area contributed by atoms with Crippen molar-refractivity contribution in [3.8, 4) is 22.6 Å². The number of rotatable bonds is 5. The maximum absolute atomic E-state index is 13.3. The van der Waals surface area contributed by atoms with Gasteiger partial charge in [-0.15, -0.1) is 0 Å². The van der Waals surface area contributed by atoms with Gasteiger partial charge in [0.15, 0.2) is 0 Å². The zero-order valence-electron chi connectivity index (χ0n) is 18.0. The van der Waals surface area contributed by atoms with Gasteiger partial charge in [-0.25, -0.2) is 9.97 Å². The van der Waals surface area contributed by atoms with E-state index in [0.29, 0.717) is 30.2 Å². The van der Waals surface area contributed by atoms with E-state index < -0.39 is 0 Å². The zero-order chi connectivity index (χ0) is 21.8. The molecule has 4 rings (SSSR count). The van der Waals surface area contributed by atoms with Crippen LogP contribution in [0.15, 0.2) is 48.9 Å². The normalized spacial score (nSPS) is 16.1. The minimum atomic E-state index is -0.0295. The van der Waals surface area contributed by atoms with E-state index in [-0.39, 0.29) is 11.8 Å². The van der Waals surface area contributed by atoms with Crippen molar-refractivity contribution in [2.45, 2.75) is 25.7 Å². The smallest absolute Gasteiger partial charge is 0.254 e. The summed E-state index contributed by atoms with van der Waals surface area (Å²) in [6.07, 6.45) is 7.30. The highest BCUT2D eigenvalue weighted by atomic mass is 16.5. The van der Waals surface area contributed by atoms with Gasteiger partial charge < -0.3 is 14.4 Å². The van der Waals surface area contributed by atoms with Gasteiger partial charge in [0.05, 0.1) is 19.9 Å². The molecule has 0 radical (unpaired) electrons. The number of ether oxygens (including phenoxy) is 2. The first-order chi connectivity index (χ1) is 15.1. The molecule has 0 unspecified atom stereocenters. The van der Waals surface area contributed by atoms with Crippen molar-refractivity contribution in [2.24, 2.45) is 0 Å².